The summed E-state index contributed by atoms with van der Waals surface area (Å²) in [5.41, 5.74) is 6.07. The van der Waals surface area contributed by atoms with Crippen LogP contribution in [0, 0.1) is 5.92 Å². The van der Waals surface area contributed by atoms with E-state index in [-0.39, 0.29) is 6.04 Å². The summed E-state index contributed by atoms with van der Waals surface area (Å²) >= 11 is 0. The molecule has 0 bridgehead atoms. The second-order valence-electron chi connectivity index (χ2n) is 8.00. The molecule has 0 spiro atoms. The lowest BCUT2D eigenvalue weighted by molar-refractivity contribution is 0.181. The van der Waals surface area contributed by atoms with E-state index < -0.39 is 6.10 Å². The number of allylic oxidation sites excluding steroid dienone is 1. The van der Waals surface area contributed by atoms with Crippen molar-refractivity contribution in [3.8, 4) is 0 Å². The Balaban J connectivity index is 3.41. The third kappa shape index (κ3) is 16.9. The minimum absolute atomic E-state index is 0.109. The fourth-order valence-electron chi connectivity index (χ4n) is 3.16. The summed E-state index contributed by atoms with van der Waals surface area (Å²) < 4.78 is 0. The molecule has 0 aromatic rings. The standard InChI is InChI=1S/C23H47NO/c1-4-6-7-8-9-10-11-12-13-14-15-16-17-18-23(25)22(24)20-19-21(3)5-2/h17-18,21-23,25H,4-16,19-20,24H2,1-3H3/b18-17+/t21?,22-,23+/m0/s1. The fraction of sp³-hybridized carbons (Fsp3) is 0.913. The zero-order valence-corrected chi connectivity index (χ0v) is 17.5. The van der Waals surface area contributed by atoms with Gasteiger partial charge < -0.3 is 10.8 Å². The Morgan fingerprint density at radius 2 is 1.32 bits per heavy atom. The van der Waals surface area contributed by atoms with Crippen LogP contribution in [0.4, 0.5) is 0 Å². The molecule has 1 unspecified atom stereocenters. The largest absolute Gasteiger partial charge is 0.387 e. The van der Waals surface area contributed by atoms with Gasteiger partial charge >= 0.3 is 0 Å². The number of rotatable bonds is 18. The highest BCUT2D eigenvalue weighted by molar-refractivity contribution is 4.93. The molecule has 3 atom stereocenters. The third-order valence-corrected chi connectivity index (χ3v) is 5.44. The Hall–Kier alpha value is -0.340. The van der Waals surface area contributed by atoms with Gasteiger partial charge in [-0.15, -0.1) is 0 Å². The molecule has 0 aliphatic heterocycles. The van der Waals surface area contributed by atoms with Crippen molar-refractivity contribution < 1.29 is 5.11 Å². The predicted molar refractivity (Wildman–Crippen MR) is 113 cm³/mol. The molecule has 0 aliphatic rings. The highest BCUT2D eigenvalue weighted by atomic mass is 16.3. The van der Waals surface area contributed by atoms with Crippen molar-refractivity contribution >= 4 is 0 Å². The van der Waals surface area contributed by atoms with Gasteiger partial charge in [-0.05, 0) is 31.6 Å². The van der Waals surface area contributed by atoms with Crippen LogP contribution in [0.5, 0.6) is 0 Å². The number of aliphatic hydroxyl groups excluding tert-OH is 1. The Kier molecular flexibility index (Phi) is 18.2. The second-order valence-corrected chi connectivity index (χ2v) is 8.00. The van der Waals surface area contributed by atoms with Crippen LogP contribution >= 0.6 is 0 Å². The van der Waals surface area contributed by atoms with E-state index in [1.54, 1.807) is 0 Å². The molecule has 0 heterocycles. The zero-order valence-electron chi connectivity index (χ0n) is 17.5. The minimum Gasteiger partial charge on any atom is -0.387 e. The maximum atomic E-state index is 10.1. The number of nitrogens with two attached hydrogens (primary N) is 1. The average Bonchev–Trinajstić information content (AvgIpc) is 2.62. The van der Waals surface area contributed by atoms with Gasteiger partial charge in [-0.3, -0.25) is 0 Å². The average molecular weight is 354 g/mol. The van der Waals surface area contributed by atoms with E-state index in [0.29, 0.717) is 5.92 Å². The summed E-state index contributed by atoms with van der Waals surface area (Å²) in [6, 6.07) is -0.109. The lowest BCUT2D eigenvalue weighted by atomic mass is 9.97. The number of aliphatic hydroxyl groups is 1. The topological polar surface area (TPSA) is 46.2 Å². The summed E-state index contributed by atoms with van der Waals surface area (Å²) in [5.74, 6) is 0.707. The molecule has 3 N–H and O–H groups in total. The van der Waals surface area contributed by atoms with Crippen LogP contribution in [0.3, 0.4) is 0 Å². The van der Waals surface area contributed by atoms with Gasteiger partial charge in [0.2, 0.25) is 0 Å². The Labute approximate surface area is 158 Å². The van der Waals surface area contributed by atoms with E-state index >= 15 is 0 Å². The highest BCUT2D eigenvalue weighted by Gasteiger charge is 2.12. The molecule has 0 aromatic heterocycles. The summed E-state index contributed by atoms with van der Waals surface area (Å²) in [5, 5.41) is 10.1. The molecule has 0 saturated heterocycles. The molecule has 2 heteroatoms. The van der Waals surface area contributed by atoms with E-state index in [9.17, 15) is 5.11 Å². The zero-order chi connectivity index (χ0) is 18.8. The molecule has 0 amide bonds. The van der Waals surface area contributed by atoms with Gasteiger partial charge in [0.25, 0.3) is 0 Å². The van der Waals surface area contributed by atoms with Gasteiger partial charge in [0.05, 0.1) is 6.10 Å². The molecule has 0 aliphatic carbocycles. The quantitative estimate of drug-likeness (QED) is 0.211. The van der Waals surface area contributed by atoms with Crippen molar-refractivity contribution in [2.45, 2.75) is 129 Å². The van der Waals surface area contributed by atoms with Gasteiger partial charge in [-0.25, -0.2) is 0 Å². The van der Waals surface area contributed by atoms with Crippen molar-refractivity contribution in [2.24, 2.45) is 11.7 Å². The first-order chi connectivity index (χ1) is 12.1. The van der Waals surface area contributed by atoms with Crippen LogP contribution in [-0.2, 0) is 0 Å². The van der Waals surface area contributed by atoms with Crippen molar-refractivity contribution in [3.63, 3.8) is 0 Å². The molecular formula is C23H47NO. The summed E-state index contributed by atoms with van der Waals surface area (Å²) in [4.78, 5) is 0. The van der Waals surface area contributed by atoms with Crippen LogP contribution in [0.2, 0.25) is 0 Å². The Bertz CT molecular complexity index is 290. The third-order valence-electron chi connectivity index (χ3n) is 5.44. The minimum atomic E-state index is -0.475. The SMILES string of the molecule is CCCCCCCCCCCCC/C=C/[C@@H](O)[C@@H](N)CCC(C)CC. The van der Waals surface area contributed by atoms with Gasteiger partial charge in [0, 0.05) is 6.04 Å². The first-order valence-corrected chi connectivity index (χ1v) is 11.2. The van der Waals surface area contributed by atoms with Crippen molar-refractivity contribution in [1.82, 2.24) is 0 Å². The first kappa shape index (κ1) is 24.7. The van der Waals surface area contributed by atoms with Gasteiger partial charge in [0.15, 0.2) is 0 Å². The summed E-state index contributed by atoms with van der Waals surface area (Å²) in [6.07, 6.45) is 23.0. The lowest BCUT2D eigenvalue weighted by Gasteiger charge is -2.17. The highest BCUT2D eigenvalue weighted by Crippen LogP contribution is 2.14. The molecule has 0 rings (SSSR count). The van der Waals surface area contributed by atoms with Crippen LogP contribution in [-0.4, -0.2) is 17.3 Å². The van der Waals surface area contributed by atoms with Gasteiger partial charge in [0.1, 0.15) is 0 Å². The van der Waals surface area contributed by atoms with Crippen LogP contribution < -0.4 is 5.73 Å². The molecular weight excluding hydrogens is 306 g/mol. The van der Waals surface area contributed by atoms with E-state index in [0.717, 1.165) is 19.3 Å². The number of hydrogen-bond donors (Lipinski definition) is 2. The van der Waals surface area contributed by atoms with Gasteiger partial charge in [-0.2, -0.15) is 0 Å². The fourth-order valence-corrected chi connectivity index (χ4v) is 3.16. The number of unbranched alkanes of at least 4 members (excludes halogenated alkanes) is 11. The van der Waals surface area contributed by atoms with Crippen molar-refractivity contribution in [3.05, 3.63) is 12.2 Å². The smallest absolute Gasteiger partial charge is 0.0871 e. The molecule has 0 radical (unpaired) electrons. The molecule has 25 heavy (non-hydrogen) atoms. The van der Waals surface area contributed by atoms with Crippen LogP contribution in [0.25, 0.3) is 0 Å². The van der Waals surface area contributed by atoms with Crippen molar-refractivity contribution in [2.75, 3.05) is 0 Å². The first-order valence-electron chi connectivity index (χ1n) is 11.2. The lowest BCUT2D eigenvalue weighted by Crippen LogP contribution is -2.33. The number of hydrogen-bond acceptors (Lipinski definition) is 2. The molecule has 0 saturated carbocycles. The summed E-state index contributed by atoms with van der Waals surface area (Å²) in [7, 11) is 0. The molecule has 150 valence electrons. The molecule has 0 aromatic carbocycles. The molecule has 2 nitrogen and oxygen atoms in total. The predicted octanol–water partition coefficient (Wildman–Crippen LogP) is 6.76. The maximum Gasteiger partial charge on any atom is 0.0871 e. The van der Waals surface area contributed by atoms with Gasteiger partial charge in [-0.1, -0.05) is 104 Å². The van der Waals surface area contributed by atoms with E-state index in [2.05, 4.69) is 26.8 Å². The normalized spacial score (nSPS) is 15.6. The van der Waals surface area contributed by atoms with Crippen LogP contribution in [0.1, 0.15) is 117 Å². The Morgan fingerprint density at radius 3 is 1.84 bits per heavy atom. The molecule has 0 fully saturated rings. The van der Waals surface area contributed by atoms with E-state index in [1.165, 1.54) is 77.0 Å². The summed E-state index contributed by atoms with van der Waals surface area (Å²) in [6.45, 7) is 6.74. The van der Waals surface area contributed by atoms with Crippen LogP contribution in [0.15, 0.2) is 12.2 Å². The maximum absolute atomic E-state index is 10.1. The van der Waals surface area contributed by atoms with Crippen molar-refractivity contribution in [1.29, 1.82) is 0 Å². The Morgan fingerprint density at radius 1 is 0.800 bits per heavy atom. The van der Waals surface area contributed by atoms with E-state index in [1.807, 2.05) is 6.08 Å². The van der Waals surface area contributed by atoms with E-state index in [4.69, 9.17) is 5.73 Å². The second kappa shape index (κ2) is 18.5. The monoisotopic (exact) mass is 353 g/mol.